The molecule has 0 saturated heterocycles. The van der Waals surface area contributed by atoms with Gasteiger partial charge in [0.05, 0.1) is 4.90 Å². The Bertz CT molecular complexity index is 528. The molecule has 0 saturated carbocycles. The molecule has 0 fully saturated rings. The van der Waals surface area contributed by atoms with Crippen LogP contribution < -0.4 is 5.32 Å². The topological polar surface area (TPSA) is 12.0 Å². The molecular formula is C14H13BrFNS. The second kappa shape index (κ2) is 6.36. The fourth-order valence-electron chi connectivity index (χ4n) is 1.62. The minimum atomic E-state index is -0.171. The molecule has 0 bridgehead atoms. The summed E-state index contributed by atoms with van der Waals surface area (Å²) in [7, 11) is 1.86. The molecule has 2 aromatic carbocycles. The molecule has 0 radical (unpaired) electrons. The number of rotatable bonds is 4. The summed E-state index contributed by atoms with van der Waals surface area (Å²) in [4.78, 5) is 1.72. The van der Waals surface area contributed by atoms with Gasteiger partial charge < -0.3 is 5.32 Å². The zero-order valence-corrected chi connectivity index (χ0v) is 12.3. The number of nitrogens with one attached hydrogen (secondary N) is 1. The van der Waals surface area contributed by atoms with Crippen molar-refractivity contribution < 1.29 is 4.39 Å². The first-order valence-corrected chi connectivity index (χ1v) is 7.17. The average molecular weight is 326 g/mol. The third-order valence-corrected chi connectivity index (χ3v) is 4.15. The molecule has 94 valence electrons. The van der Waals surface area contributed by atoms with Crippen molar-refractivity contribution in [1.29, 1.82) is 0 Å². The van der Waals surface area contributed by atoms with Gasteiger partial charge in [-0.3, -0.25) is 0 Å². The van der Waals surface area contributed by atoms with Crippen molar-refractivity contribution in [3.63, 3.8) is 0 Å². The Balaban J connectivity index is 2.30. The van der Waals surface area contributed by atoms with Crippen molar-refractivity contribution in [1.82, 2.24) is 5.32 Å². The second-order valence-electron chi connectivity index (χ2n) is 3.81. The number of hydrogen-bond acceptors (Lipinski definition) is 2. The lowest BCUT2D eigenvalue weighted by molar-refractivity contribution is 0.594. The fraction of sp³-hybridized carbons (Fsp3) is 0.143. The van der Waals surface area contributed by atoms with Crippen molar-refractivity contribution in [3.05, 3.63) is 58.3 Å². The molecule has 2 rings (SSSR count). The third kappa shape index (κ3) is 3.34. The summed E-state index contributed by atoms with van der Waals surface area (Å²) in [6, 6.07) is 13.1. The highest BCUT2D eigenvalue weighted by molar-refractivity contribution is 9.10. The van der Waals surface area contributed by atoms with E-state index in [4.69, 9.17) is 0 Å². The van der Waals surface area contributed by atoms with Crippen LogP contribution in [0.5, 0.6) is 0 Å². The lowest BCUT2D eigenvalue weighted by Crippen LogP contribution is -2.06. The standard InChI is InChI=1S/C14H13BrFNS/c1-17-9-10-3-2-4-13(16)14(10)18-12-7-5-11(15)6-8-12/h2-8,17H,9H2,1H3. The molecule has 4 heteroatoms. The van der Waals surface area contributed by atoms with E-state index in [9.17, 15) is 4.39 Å². The summed E-state index contributed by atoms with van der Waals surface area (Å²) in [5, 5.41) is 3.06. The maximum atomic E-state index is 13.9. The van der Waals surface area contributed by atoms with Gasteiger partial charge in [-0.25, -0.2) is 4.39 Å². The maximum Gasteiger partial charge on any atom is 0.137 e. The summed E-state index contributed by atoms with van der Waals surface area (Å²) in [5.41, 5.74) is 0.977. The van der Waals surface area contributed by atoms with Gasteiger partial charge in [0.1, 0.15) is 5.82 Å². The summed E-state index contributed by atoms with van der Waals surface area (Å²) in [6.07, 6.45) is 0. The molecule has 0 amide bonds. The van der Waals surface area contributed by atoms with Gasteiger partial charge in [-0.05, 0) is 42.9 Å². The Morgan fingerprint density at radius 3 is 2.56 bits per heavy atom. The average Bonchev–Trinajstić information content (AvgIpc) is 2.36. The molecule has 0 unspecified atom stereocenters. The summed E-state index contributed by atoms with van der Waals surface area (Å²) in [5.74, 6) is -0.171. The molecule has 0 aromatic heterocycles. The van der Waals surface area contributed by atoms with E-state index in [-0.39, 0.29) is 5.82 Å². The van der Waals surface area contributed by atoms with Gasteiger partial charge in [-0.1, -0.05) is 39.8 Å². The van der Waals surface area contributed by atoms with Crippen LogP contribution in [0, 0.1) is 5.82 Å². The summed E-state index contributed by atoms with van der Waals surface area (Å²) >= 11 is 4.85. The van der Waals surface area contributed by atoms with Crippen LogP contribution >= 0.6 is 27.7 Å². The van der Waals surface area contributed by atoms with Gasteiger partial charge in [-0.15, -0.1) is 0 Å². The first-order valence-electron chi connectivity index (χ1n) is 5.56. The van der Waals surface area contributed by atoms with Crippen molar-refractivity contribution >= 4 is 27.7 Å². The summed E-state index contributed by atoms with van der Waals surface area (Å²) < 4.78 is 14.9. The predicted molar refractivity (Wildman–Crippen MR) is 77.4 cm³/mol. The van der Waals surface area contributed by atoms with Crippen LogP contribution in [0.4, 0.5) is 4.39 Å². The zero-order valence-electron chi connectivity index (χ0n) is 9.91. The van der Waals surface area contributed by atoms with E-state index in [0.29, 0.717) is 11.4 Å². The Hall–Kier alpha value is -0.840. The van der Waals surface area contributed by atoms with Gasteiger partial charge in [0, 0.05) is 15.9 Å². The van der Waals surface area contributed by atoms with Crippen molar-refractivity contribution in [2.24, 2.45) is 0 Å². The molecule has 0 aliphatic carbocycles. The molecule has 2 aromatic rings. The Morgan fingerprint density at radius 2 is 1.89 bits per heavy atom. The lowest BCUT2D eigenvalue weighted by atomic mass is 10.2. The molecule has 0 atom stereocenters. The Morgan fingerprint density at radius 1 is 1.17 bits per heavy atom. The lowest BCUT2D eigenvalue weighted by Gasteiger charge is -2.10. The first kappa shape index (κ1) is 13.6. The molecule has 1 nitrogen and oxygen atoms in total. The molecule has 1 N–H and O–H groups in total. The van der Waals surface area contributed by atoms with E-state index >= 15 is 0 Å². The smallest absolute Gasteiger partial charge is 0.137 e. The minimum Gasteiger partial charge on any atom is -0.316 e. The van der Waals surface area contributed by atoms with E-state index in [1.54, 1.807) is 6.07 Å². The highest BCUT2D eigenvalue weighted by atomic mass is 79.9. The van der Waals surface area contributed by atoms with Gasteiger partial charge in [-0.2, -0.15) is 0 Å². The van der Waals surface area contributed by atoms with Gasteiger partial charge >= 0.3 is 0 Å². The monoisotopic (exact) mass is 325 g/mol. The SMILES string of the molecule is CNCc1cccc(F)c1Sc1ccc(Br)cc1. The Kier molecular flexibility index (Phi) is 4.80. The van der Waals surface area contributed by atoms with Crippen LogP contribution in [0.25, 0.3) is 0 Å². The normalized spacial score (nSPS) is 10.6. The molecule has 0 aliphatic heterocycles. The number of halogens is 2. The minimum absolute atomic E-state index is 0.171. The second-order valence-corrected chi connectivity index (χ2v) is 5.81. The summed E-state index contributed by atoms with van der Waals surface area (Å²) in [6.45, 7) is 0.663. The van der Waals surface area contributed by atoms with Crippen LogP contribution in [0.15, 0.2) is 56.7 Å². The van der Waals surface area contributed by atoms with Gasteiger partial charge in [0.15, 0.2) is 0 Å². The van der Waals surface area contributed by atoms with Crippen LogP contribution in [-0.4, -0.2) is 7.05 Å². The zero-order chi connectivity index (χ0) is 13.0. The molecular weight excluding hydrogens is 313 g/mol. The van der Waals surface area contributed by atoms with Crippen LogP contribution in [0.1, 0.15) is 5.56 Å². The predicted octanol–water partition coefficient (Wildman–Crippen LogP) is 4.46. The number of benzene rings is 2. The van der Waals surface area contributed by atoms with Crippen LogP contribution in [0.3, 0.4) is 0 Å². The van der Waals surface area contributed by atoms with Crippen molar-refractivity contribution in [3.8, 4) is 0 Å². The maximum absolute atomic E-state index is 13.9. The van der Waals surface area contributed by atoms with Crippen molar-refractivity contribution in [2.45, 2.75) is 16.3 Å². The highest BCUT2D eigenvalue weighted by Crippen LogP contribution is 2.33. The third-order valence-electron chi connectivity index (χ3n) is 2.45. The van der Waals surface area contributed by atoms with Crippen molar-refractivity contribution in [2.75, 3.05) is 7.05 Å². The molecule has 0 heterocycles. The van der Waals surface area contributed by atoms with E-state index in [1.165, 1.54) is 17.8 Å². The molecule has 18 heavy (non-hydrogen) atoms. The highest BCUT2D eigenvalue weighted by Gasteiger charge is 2.09. The fourth-order valence-corrected chi connectivity index (χ4v) is 2.83. The Labute approximate surface area is 119 Å². The molecule has 0 aliphatic rings. The van der Waals surface area contributed by atoms with Crippen LogP contribution in [-0.2, 0) is 6.54 Å². The van der Waals surface area contributed by atoms with E-state index in [0.717, 1.165) is 14.9 Å². The number of hydrogen-bond donors (Lipinski definition) is 1. The van der Waals surface area contributed by atoms with E-state index in [2.05, 4.69) is 21.2 Å². The van der Waals surface area contributed by atoms with Gasteiger partial charge in [0.2, 0.25) is 0 Å². The first-order chi connectivity index (χ1) is 8.70. The molecule has 0 spiro atoms. The van der Waals surface area contributed by atoms with E-state index in [1.807, 2.05) is 37.4 Å². The van der Waals surface area contributed by atoms with E-state index < -0.39 is 0 Å². The van der Waals surface area contributed by atoms with Crippen LogP contribution in [0.2, 0.25) is 0 Å². The largest absolute Gasteiger partial charge is 0.316 e. The van der Waals surface area contributed by atoms with Gasteiger partial charge in [0.25, 0.3) is 0 Å². The quantitative estimate of drug-likeness (QED) is 0.890.